The number of piperidine rings is 1. The van der Waals surface area contributed by atoms with Gasteiger partial charge in [-0.15, -0.1) is 0 Å². The highest BCUT2D eigenvalue weighted by Crippen LogP contribution is 2.36. The molecule has 4 rings (SSSR count). The summed E-state index contributed by atoms with van der Waals surface area (Å²) in [6.45, 7) is 8.75. The molecule has 0 aliphatic carbocycles. The summed E-state index contributed by atoms with van der Waals surface area (Å²) in [5.41, 5.74) is 4.24. The number of hydrogen-bond acceptors (Lipinski definition) is 3. The normalized spacial score (nSPS) is 22.5. The van der Waals surface area contributed by atoms with Gasteiger partial charge in [-0.2, -0.15) is 0 Å². The number of aliphatic hydroxyl groups excluding tert-OH is 1. The van der Waals surface area contributed by atoms with Gasteiger partial charge in [-0.3, -0.25) is 4.79 Å². The van der Waals surface area contributed by atoms with Crippen LogP contribution < -0.4 is 5.56 Å². The van der Waals surface area contributed by atoms with Crippen LogP contribution in [-0.4, -0.2) is 34.2 Å². The Balaban J connectivity index is 1.68. The van der Waals surface area contributed by atoms with Crippen LogP contribution in [0.4, 0.5) is 0 Å². The summed E-state index contributed by atoms with van der Waals surface area (Å²) in [5.74, 6) is 1.71. The third-order valence-electron chi connectivity index (χ3n) is 5.73. The Morgan fingerprint density at radius 2 is 1.85 bits per heavy atom. The summed E-state index contributed by atoms with van der Waals surface area (Å²) in [6, 6.07) is 11.8. The van der Waals surface area contributed by atoms with E-state index in [1.807, 2.05) is 28.8 Å². The summed E-state index contributed by atoms with van der Waals surface area (Å²) in [5, 5.41) is 9.23. The molecule has 0 unspecified atom stereocenters. The molecule has 2 aliphatic heterocycles. The van der Waals surface area contributed by atoms with Crippen molar-refractivity contribution in [1.29, 1.82) is 0 Å². The highest BCUT2D eigenvalue weighted by Gasteiger charge is 2.34. The number of nitrogens with zero attached hydrogens (tertiary/aromatic N) is 2. The van der Waals surface area contributed by atoms with Crippen LogP contribution in [0.3, 0.4) is 0 Å². The van der Waals surface area contributed by atoms with Gasteiger partial charge in [-0.05, 0) is 41.0 Å². The molecule has 2 aromatic rings. The Kier molecular flexibility index (Phi) is 4.72. The van der Waals surface area contributed by atoms with Crippen molar-refractivity contribution >= 4 is 0 Å². The van der Waals surface area contributed by atoms with E-state index >= 15 is 0 Å². The zero-order valence-corrected chi connectivity index (χ0v) is 15.7. The van der Waals surface area contributed by atoms with Crippen LogP contribution >= 0.6 is 0 Å². The quantitative estimate of drug-likeness (QED) is 0.920. The number of likely N-dealkylation sites (tertiary alicyclic amines) is 1. The maximum atomic E-state index is 12.8. The molecule has 4 nitrogen and oxygen atoms in total. The van der Waals surface area contributed by atoms with E-state index in [0.717, 1.165) is 42.9 Å². The second kappa shape index (κ2) is 7.01. The van der Waals surface area contributed by atoms with E-state index in [0.29, 0.717) is 17.8 Å². The molecule has 1 aromatic carbocycles. The van der Waals surface area contributed by atoms with Crippen LogP contribution in [0.2, 0.25) is 0 Å². The standard InChI is InChI=1S/C22H28N2O2/c1-15(2)10-23-11-17-7-20(13-23)21-8-19(9-22(26)24(21)12-17)18-5-3-16(14-25)4-6-18/h3-6,8-9,15,17,20,25H,7,10-14H2,1-2H3/t17-,20+/m0/s1. The van der Waals surface area contributed by atoms with Gasteiger partial charge in [0.25, 0.3) is 5.56 Å². The second-order valence-electron chi connectivity index (χ2n) is 8.38. The zero-order chi connectivity index (χ0) is 18.3. The van der Waals surface area contributed by atoms with Crippen LogP contribution in [0.15, 0.2) is 41.2 Å². The molecule has 3 heterocycles. The SMILES string of the molecule is CC(C)CN1C[C@@H]2C[C@H](C1)c1cc(-c3ccc(CO)cc3)cc(=O)n1C2. The maximum Gasteiger partial charge on any atom is 0.251 e. The largest absolute Gasteiger partial charge is 0.392 e. The van der Waals surface area contributed by atoms with Gasteiger partial charge in [-0.25, -0.2) is 0 Å². The van der Waals surface area contributed by atoms with Gasteiger partial charge in [0.2, 0.25) is 0 Å². The van der Waals surface area contributed by atoms with Crippen LogP contribution in [0.1, 0.15) is 37.4 Å². The number of fused-ring (bicyclic) bond motifs is 4. The number of benzene rings is 1. The third kappa shape index (κ3) is 3.36. The summed E-state index contributed by atoms with van der Waals surface area (Å²) in [7, 11) is 0. The van der Waals surface area contributed by atoms with Gasteiger partial charge in [-0.1, -0.05) is 38.1 Å². The molecule has 0 amide bonds. The molecule has 4 heteroatoms. The average molecular weight is 352 g/mol. The topological polar surface area (TPSA) is 45.5 Å². The van der Waals surface area contributed by atoms with Crippen molar-refractivity contribution < 1.29 is 5.11 Å². The van der Waals surface area contributed by atoms with E-state index in [1.54, 1.807) is 6.07 Å². The minimum atomic E-state index is 0.0439. The molecule has 0 radical (unpaired) electrons. The summed E-state index contributed by atoms with van der Waals surface area (Å²) in [6.07, 6.45) is 1.20. The lowest BCUT2D eigenvalue weighted by Crippen LogP contribution is -2.48. The van der Waals surface area contributed by atoms with Crippen molar-refractivity contribution in [3.05, 3.63) is 58.0 Å². The summed E-state index contributed by atoms with van der Waals surface area (Å²) in [4.78, 5) is 15.4. The van der Waals surface area contributed by atoms with Crippen LogP contribution in [-0.2, 0) is 13.2 Å². The number of aromatic nitrogens is 1. The Labute approximate surface area is 155 Å². The fourth-order valence-electron chi connectivity index (χ4n) is 4.69. The minimum absolute atomic E-state index is 0.0439. The Morgan fingerprint density at radius 1 is 1.08 bits per heavy atom. The van der Waals surface area contributed by atoms with Gasteiger partial charge in [0.15, 0.2) is 0 Å². The van der Waals surface area contributed by atoms with Crippen molar-refractivity contribution in [2.75, 3.05) is 19.6 Å². The average Bonchev–Trinajstić information content (AvgIpc) is 2.62. The van der Waals surface area contributed by atoms with E-state index in [2.05, 4.69) is 24.8 Å². The van der Waals surface area contributed by atoms with E-state index in [1.165, 1.54) is 12.1 Å². The van der Waals surface area contributed by atoms with E-state index < -0.39 is 0 Å². The van der Waals surface area contributed by atoms with Gasteiger partial charge in [0.1, 0.15) is 0 Å². The van der Waals surface area contributed by atoms with Crippen LogP contribution in [0.5, 0.6) is 0 Å². The molecule has 0 spiro atoms. The molecule has 26 heavy (non-hydrogen) atoms. The van der Waals surface area contributed by atoms with E-state index in [4.69, 9.17) is 0 Å². The second-order valence-corrected chi connectivity index (χ2v) is 8.38. The number of hydrogen-bond donors (Lipinski definition) is 1. The van der Waals surface area contributed by atoms with Gasteiger partial charge in [0, 0.05) is 43.9 Å². The van der Waals surface area contributed by atoms with Crippen molar-refractivity contribution in [1.82, 2.24) is 9.47 Å². The first-order chi connectivity index (χ1) is 12.5. The highest BCUT2D eigenvalue weighted by atomic mass is 16.3. The molecule has 1 aromatic heterocycles. The first kappa shape index (κ1) is 17.5. The third-order valence-corrected chi connectivity index (χ3v) is 5.73. The van der Waals surface area contributed by atoms with Crippen LogP contribution in [0.25, 0.3) is 11.1 Å². The molecule has 2 bridgehead atoms. The van der Waals surface area contributed by atoms with Crippen molar-refractivity contribution in [3.8, 4) is 11.1 Å². The first-order valence-electron chi connectivity index (χ1n) is 9.70. The molecule has 1 saturated heterocycles. The molecule has 1 fully saturated rings. The molecular weight excluding hydrogens is 324 g/mol. The predicted molar refractivity (Wildman–Crippen MR) is 104 cm³/mol. The Morgan fingerprint density at radius 3 is 2.54 bits per heavy atom. The monoisotopic (exact) mass is 352 g/mol. The highest BCUT2D eigenvalue weighted by molar-refractivity contribution is 5.64. The first-order valence-corrected chi connectivity index (χ1v) is 9.70. The number of rotatable bonds is 4. The minimum Gasteiger partial charge on any atom is -0.392 e. The number of pyridine rings is 1. The fraction of sp³-hybridized carbons (Fsp3) is 0.500. The maximum absolute atomic E-state index is 12.8. The lowest BCUT2D eigenvalue weighted by molar-refractivity contribution is 0.109. The zero-order valence-electron chi connectivity index (χ0n) is 15.7. The molecular formula is C22H28N2O2. The van der Waals surface area contributed by atoms with Crippen molar-refractivity contribution in [2.45, 2.75) is 39.3 Å². The van der Waals surface area contributed by atoms with Crippen LogP contribution in [0, 0.1) is 11.8 Å². The van der Waals surface area contributed by atoms with Gasteiger partial charge in [0.05, 0.1) is 6.61 Å². The van der Waals surface area contributed by atoms with E-state index in [-0.39, 0.29) is 12.2 Å². The Hall–Kier alpha value is -1.91. The molecule has 138 valence electrons. The van der Waals surface area contributed by atoms with Crippen molar-refractivity contribution in [2.24, 2.45) is 11.8 Å². The predicted octanol–water partition coefficient (Wildman–Crippen LogP) is 3.08. The lowest BCUT2D eigenvalue weighted by Gasteiger charge is -2.43. The lowest BCUT2D eigenvalue weighted by atomic mass is 9.82. The Bertz CT molecular complexity index is 838. The van der Waals surface area contributed by atoms with Crippen molar-refractivity contribution in [3.63, 3.8) is 0 Å². The number of aliphatic hydroxyl groups is 1. The summed E-state index contributed by atoms with van der Waals surface area (Å²) < 4.78 is 2.01. The summed E-state index contributed by atoms with van der Waals surface area (Å²) >= 11 is 0. The molecule has 1 N–H and O–H groups in total. The van der Waals surface area contributed by atoms with Gasteiger partial charge >= 0.3 is 0 Å². The fourth-order valence-corrected chi connectivity index (χ4v) is 4.69. The smallest absolute Gasteiger partial charge is 0.251 e. The molecule has 0 saturated carbocycles. The van der Waals surface area contributed by atoms with E-state index in [9.17, 15) is 9.90 Å². The molecule has 2 aliphatic rings. The molecule has 2 atom stereocenters. The van der Waals surface area contributed by atoms with Gasteiger partial charge < -0.3 is 14.6 Å².